The van der Waals surface area contributed by atoms with Gasteiger partial charge in [0.15, 0.2) is 0 Å². The second kappa shape index (κ2) is 11.3. The van der Waals surface area contributed by atoms with Gasteiger partial charge in [-0.2, -0.15) is 0 Å². The molecule has 0 atom stereocenters. The van der Waals surface area contributed by atoms with Gasteiger partial charge in [0.1, 0.15) is 6.61 Å². The zero-order chi connectivity index (χ0) is 11.4. The molecule has 0 aliphatic rings. The third kappa shape index (κ3) is 11.1. The van der Waals surface area contributed by atoms with Gasteiger partial charge in [0, 0.05) is 6.61 Å². The summed E-state index contributed by atoms with van der Waals surface area (Å²) in [7, 11) is 1.27. The van der Waals surface area contributed by atoms with E-state index in [0.29, 0.717) is 19.8 Å². The fraction of sp³-hybridized carbons (Fsp3) is 0.900. The highest BCUT2D eigenvalue weighted by atomic mass is 16.7. The summed E-state index contributed by atoms with van der Waals surface area (Å²) in [5.74, 6) is 0. The van der Waals surface area contributed by atoms with Crippen LogP contribution in [0.15, 0.2) is 0 Å². The first-order valence-electron chi connectivity index (χ1n) is 5.17. The maximum absolute atomic E-state index is 10.5. The molecule has 0 heterocycles. The van der Waals surface area contributed by atoms with Crippen LogP contribution >= 0.6 is 0 Å². The van der Waals surface area contributed by atoms with Gasteiger partial charge in [-0.05, 0) is 6.42 Å². The summed E-state index contributed by atoms with van der Waals surface area (Å²) in [4.78, 5) is 10.5. The lowest BCUT2D eigenvalue weighted by Crippen LogP contribution is -2.12. The first kappa shape index (κ1) is 14.2. The summed E-state index contributed by atoms with van der Waals surface area (Å²) in [5.41, 5.74) is 0. The standard InChI is InChI=1S/C10H20O5/c1-3-4-5-13-6-7-14-8-9-15-10(11)12-2/h3-9H2,1-2H3. The highest BCUT2D eigenvalue weighted by Crippen LogP contribution is 1.88. The summed E-state index contributed by atoms with van der Waals surface area (Å²) in [6.45, 7) is 4.57. The highest BCUT2D eigenvalue weighted by Gasteiger charge is 1.98. The number of hydrogen-bond donors (Lipinski definition) is 0. The summed E-state index contributed by atoms with van der Waals surface area (Å²) in [6, 6.07) is 0. The van der Waals surface area contributed by atoms with Crippen LogP contribution in [0.3, 0.4) is 0 Å². The number of rotatable bonds is 9. The molecular weight excluding hydrogens is 200 g/mol. The van der Waals surface area contributed by atoms with Gasteiger partial charge >= 0.3 is 6.16 Å². The monoisotopic (exact) mass is 220 g/mol. The Labute approximate surface area is 90.6 Å². The molecule has 0 amide bonds. The molecule has 0 N–H and O–H groups in total. The van der Waals surface area contributed by atoms with E-state index in [4.69, 9.17) is 9.47 Å². The molecule has 0 rings (SSSR count). The first-order valence-corrected chi connectivity index (χ1v) is 5.17. The SMILES string of the molecule is CCCCOCCOCCOC(=O)OC. The molecule has 0 aromatic rings. The van der Waals surface area contributed by atoms with Crippen molar-refractivity contribution in [3.8, 4) is 0 Å². The normalized spacial score (nSPS) is 10.0. The van der Waals surface area contributed by atoms with Gasteiger partial charge in [-0.3, -0.25) is 0 Å². The molecule has 90 valence electrons. The summed E-state index contributed by atoms with van der Waals surface area (Å²) in [6.07, 6.45) is 1.53. The van der Waals surface area contributed by atoms with Crippen LogP contribution in [0.4, 0.5) is 4.79 Å². The van der Waals surface area contributed by atoms with Gasteiger partial charge in [-0.1, -0.05) is 13.3 Å². The molecule has 5 heteroatoms. The minimum atomic E-state index is -0.683. The molecule has 0 saturated carbocycles. The van der Waals surface area contributed by atoms with E-state index in [9.17, 15) is 4.79 Å². The van der Waals surface area contributed by atoms with Crippen LogP contribution in [0.5, 0.6) is 0 Å². The van der Waals surface area contributed by atoms with E-state index in [-0.39, 0.29) is 6.61 Å². The number of ether oxygens (including phenoxy) is 4. The van der Waals surface area contributed by atoms with Gasteiger partial charge in [-0.25, -0.2) is 4.79 Å². The predicted octanol–water partition coefficient (Wildman–Crippen LogP) is 1.60. The fourth-order valence-corrected chi connectivity index (χ4v) is 0.811. The predicted molar refractivity (Wildman–Crippen MR) is 54.9 cm³/mol. The molecule has 5 nitrogen and oxygen atoms in total. The van der Waals surface area contributed by atoms with Gasteiger partial charge in [0.25, 0.3) is 0 Å². The number of unbranched alkanes of at least 4 members (excludes halogenated alkanes) is 1. The molecule has 0 aliphatic carbocycles. The third-order valence-corrected chi connectivity index (χ3v) is 1.63. The second-order valence-electron chi connectivity index (χ2n) is 2.88. The molecule has 15 heavy (non-hydrogen) atoms. The Morgan fingerprint density at radius 2 is 1.60 bits per heavy atom. The molecule has 0 spiro atoms. The van der Waals surface area contributed by atoms with E-state index >= 15 is 0 Å². The van der Waals surface area contributed by atoms with E-state index in [1.54, 1.807) is 0 Å². The smallest absolute Gasteiger partial charge is 0.438 e. The van der Waals surface area contributed by atoms with E-state index < -0.39 is 6.16 Å². The van der Waals surface area contributed by atoms with Crippen LogP contribution in [-0.4, -0.2) is 46.3 Å². The maximum atomic E-state index is 10.5. The Kier molecular flexibility index (Phi) is 10.7. The lowest BCUT2D eigenvalue weighted by atomic mass is 10.4. The van der Waals surface area contributed by atoms with Gasteiger partial charge in [0.05, 0.1) is 26.9 Å². The highest BCUT2D eigenvalue weighted by molar-refractivity contribution is 5.59. The zero-order valence-electron chi connectivity index (χ0n) is 9.49. The molecule has 0 bridgehead atoms. The van der Waals surface area contributed by atoms with Crippen molar-refractivity contribution in [2.24, 2.45) is 0 Å². The molecule has 0 aromatic carbocycles. The minimum Gasteiger partial charge on any atom is -0.438 e. The molecule has 0 aromatic heterocycles. The molecule has 0 saturated heterocycles. The molecule has 0 radical (unpaired) electrons. The van der Waals surface area contributed by atoms with E-state index in [0.717, 1.165) is 19.4 Å². The molecule has 0 fully saturated rings. The van der Waals surface area contributed by atoms with Crippen LogP contribution < -0.4 is 0 Å². The van der Waals surface area contributed by atoms with Crippen LogP contribution in [0.25, 0.3) is 0 Å². The van der Waals surface area contributed by atoms with Gasteiger partial charge in [0.2, 0.25) is 0 Å². The van der Waals surface area contributed by atoms with Crippen molar-refractivity contribution >= 4 is 6.16 Å². The zero-order valence-corrected chi connectivity index (χ0v) is 9.49. The van der Waals surface area contributed by atoms with Crippen molar-refractivity contribution in [1.82, 2.24) is 0 Å². The Hall–Kier alpha value is -0.810. The second-order valence-corrected chi connectivity index (χ2v) is 2.88. The molecular formula is C10H20O5. The van der Waals surface area contributed by atoms with Crippen LogP contribution in [-0.2, 0) is 18.9 Å². The molecule has 0 aliphatic heterocycles. The van der Waals surface area contributed by atoms with Crippen LogP contribution in [0.1, 0.15) is 19.8 Å². The largest absolute Gasteiger partial charge is 0.508 e. The fourth-order valence-electron chi connectivity index (χ4n) is 0.811. The van der Waals surface area contributed by atoms with E-state index in [2.05, 4.69) is 16.4 Å². The number of carbonyl (C=O) groups is 1. The van der Waals surface area contributed by atoms with Crippen molar-refractivity contribution in [1.29, 1.82) is 0 Å². The summed E-state index contributed by atoms with van der Waals surface area (Å²) >= 11 is 0. The van der Waals surface area contributed by atoms with Gasteiger partial charge < -0.3 is 18.9 Å². The Balaban J connectivity index is 2.95. The average Bonchev–Trinajstić information content (AvgIpc) is 2.26. The maximum Gasteiger partial charge on any atom is 0.508 e. The lowest BCUT2D eigenvalue weighted by molar-refractivity contribution is 0.0140. The van der Waals surface area contributed by atoms with Crippen molar-refractivity contribution in [2.45, 2.75) is 19.8 Å². The van der Waals surface area contributed by atoms with Crippen molar-refractivity contribution in [2.75, 3.05) is 40.1 Å². The number of methoxy groups -OCH3 is 1. The quantitative estimate of drug-likeness (QED) is 0.436. The topological polar surface area (TPSA) is 54.0 Å². The van der Waals surface area contributed by atoms with E-state index in [1.165, 1.54) is 7.11 Å². The summed E-state index contributed by atoms with van der Waals surface area (Å²) in [5, 5.41) is 0. The van der Waals surface area contributed by atoms with Gasteiger partial charge in [-0.15, -0.1) is 0 Å². The van der Waals surface area contributed by atoms with Crippen molar-refractivity contribution in [3.05, 3.63) is 0 Å². The van der Waals surface area contributed by atoms with Crippen LogP contribution in [0.2, 0.25) is 0 Å². The van der Waals surface area contributed by atoms with E-state index in [1.807, 2.05) is 0 Å². The van der Waals surface area contributed by atoms with Crippen LogP contribution in [0, 0.1) is 0 Å². The minimum absolute atomic E-state index is 0.210. The molecule has 0 unspecified atom stereocenters. The lowest BCUT2D eigenvalue weighted by Gasteiger charge is -2.05. The van der Waals surface area contributed by atoms with Crippen molar-refractivity contribution in [3.63, 3.8) is 0 Å². The number of carbonyl (C=O) groups excluding carboxylic acids is 1. The average molecular weight is 220 g/mol. The number of hydrogen-bond acceptors (Lipinski definition) is 5. The summed E-state index contributed by atoms with van der Waals surface area (Å²) < 4.78 is 19.3. The third-order valence-electron chi connectivity index (χ3n) is 1.63. The first-order chi connectivity index (χ1) is 7.31. The Bertz CT molecular complexity index is 149. The Morgan fingerprint density at radius 1 is 1.00 bits per heavy atom. The van der Waals surface area contributed by atoms with Crippen molar-refractivity contribution < 1.29 is 23.7 Å². The Morgan fingerprint density at radius 3 is 2.20 bits per heavy atom.